The number of nitriles is 1. The van der Waals surface area contributed by atoms with Crippen LogP contribution in [0.5, 0.6) is 0 Å². The Hall–Kier alpha value is -2.85. The van der Waals surface area contributed by atoms with Crippen LogP contribution in [0.1, 0.15) is 40.4 Å². The van der Waals surface area contributed by atoms with Crippen LogP contribution in [0.15, 0.2) is 53.5 Å². The van der Waals surface area contributed by atoms with Crippen molar-refractivity contribution in [3.8, 4) is 17.3 Å². The fourth-order valence-corrected chi connectivity index (χ4v) is 8.30. The molecule has 2 aromatic heterocycles. The van der Waals surface area contributed by atoms with Crippen molar-refractivity contribution in [1.82, 2.24) is 18.0 Å². The van der Waals surface area contributed by atoms with Crippen LogP contribution in [0.25, 0.3) is 22.0 Å². The van der Waals surface area contributed by atoms with Crippen LogP contribution in [0.3, 0.4) is 0 Å². The van der Waals surface area contributed by atoms with Crippen molar-refractivity contribution in [2.75, 3.05) is 34.8 Å². The van der Waals surface area contributed by atoms with Crippen LogP contribution in [0.4, 0.5) is 10.1 Å². The summed E-state index contributed by atoms with van der Waals surface area (Å²) in [5, 5.41) is 19.3. The van der Waals surface area contributed by atoms with Crippen LogP contribution in [-0.2, 0) is 6.54 Å². The molecule has 7 nitrogen and oxygen atoms in total. The van der Waals surface area contributed by atoms with Crippen molar-refractivity contribution in [3.63, 3.8) is 0 Å². The van der Waals surface area contributed by atoms with E-state index in [9.17, 15) is 14.4 Å². The van der Waals surface area contributed by atoms with Crippen molar-refractivity contribution in [3.05, 3.63) is 80.3 Å². The van der Waals surface area contributed by atoms with E-state index in [2.05, 4.69) is 41.8 Å². The number of halogens is 2. The van der Waals surface area contributed by atoms with E-state index in [-0.39, 0.29) is 23.5 Å². The number of aromatic nitrogens is 2. The number of alkyl halides is 2. The predicted molar refractivity (Wildman–Crippen MR) is 164 cm³/mol. The molecule has 2 N–H and O–H groups in total. The number of thiazole rings is 1. The molecule has 202 valence electrons. The van der Waals surface area contributed by atoms with Gasteiger partial charge in [0.15, 0.2) is 0 Å². The van der Waals surface area contributed by atoms with Crippen LogP contribution in [-0.4, -0.2) is 42.2 Å². The molecule has 1 aliphatic carbocycles. The van der Waals surface area contributed by atoms with E-state index in [1.54, 1.807) is 12.1 Å². The van der Waals surface area contributed by atoms with E-state index in [1.807, 2.05) is 16.8 Å². The summed E-state index contributed by atoms with van der Waals surface area (Å²) in [6.45, 7) is 3.47. The van der Waals surface area contributed by atoms with Gasteiger partial charge in [-0.25, -0.2) is 4.39 Å². The van der Waals surface area contributed by atoms with Gasteiger partial charge >= 0.3 is 188 Å². The zero-order valence-corrected chi connectivity index (χ0v) is 24.9. The molecular weight excluding hydrogens is 626 g/mol. The van der Waals surface area contributed by atoms with Crippen molar-refractivity contribution in [2.45, 2.75) is 31.5 Å². The Labute approximate surface area is 238 Å². The molecule has 0 spiro atoms. The fraction of sp³-hybridized carbons (Fsp3) is 0.345. The zero-order chi connectivity index (χ0) is 27.1. The average molecular weight is 657 g/mol. The molecule has 39 heavy (non-hydrogen) atoms. The summed E-state index contributed by atoms with van der Waals surface area (Å²) in [4.78, 5) is 23.3. The number of hydrogen-bond donors (Lipinski definition) is 2. The number of piperazine rings is 1. The van der Waals surface area contributed by atoms with Crippen molar-refractivity contribution in [2.24, 2.45) is 0 Å². The standard InChI is InChI=1S/C29H30FIN6OS/c1-31(2)36-12-11-33-24(16-36)19-5-10-22-23(13-19)25(17-37(29(22)38)21-8-9-21)34-15-27-35-28(26(14-32)39-27)18-3-6-20(30)7-4-18/h3-7,10,13,17,21,24,33-34H,8-9,11-12,15-16H2,1-2H3. The normalized spacial score (nSPS) is 18.2. The van der Waals surface area contributed by atoms with Crippen LogP contribution < -0.4 is 16.2 Å². The second kappa shape index (κ2) is 11.0. The molecule has 0 radical (unpaired) electrons. The van der Waals surface area contributed by atoms with Gasteiger partial charge in [-0.2, -0.15) is 5.26 Å². The Morgan fingerprint density at radius 1 is 1.21 bits per heavy atom. The topological polar surface area (TPSA) is 86.0 Å². The van der Waals surface area contributed by atoms with Crippen LogP contribution in [0.2, 0.25) is 0 Å². The zero-order valence-electron chi connectivity index (χ0n) is 21.9. The molecule has 2 aliphatic rings. The van der Waals surface area contributed by atoms with Gasteiger partial charge in [-0.15, -0.1) is 0 Å². The third-order valence-corrected chi connectivity index (χ3v) is 11.9. The molecule has 1 aliphatic heterocycles. The maximum atomic E-state index is 13.4. The van der Waals surface area contributed by atoms with Gasteiger partial charge in [-0.1, -0.05) is 0 Å². The minimum atomic E-state index is -1.06. The fourth-order valence-electron chi connectivity index (χ4n) is 5.09. The van der Waals surface area contributed by atoms with Gasteiger partial charge < -0.3 is 0 Å². The van der Waals surface area contributed by atoms with Gasteiger partial charge in [-0.3, -0.25) is 0 Å². The summed E-state index contributed by atoms with van der Waals surface area (Å²) in [5.74, 6) is -0.325. The molecular formula is C29H30FIN6OS. The number of pyridine rings is 1. The first-order valence-corrected chi connectivity index (χ1v) is 19.1. The monoisotopic (exact) mass is 656 g/mol. The summed E-state index contributed by atoms with van der Waals surface area (Å²) >= 11 is 0.265. The molecule has 1 saturated carbocycles. The summed E-state index contributed by atoms with van der Waals surface area (Å²) in [5.41, 5.74) is 3.42. The first-order valence-electron chi connectivity index (χ1n) is 13.0. The number of benzene rings is 2. The summed E-state index contributed by atoms with van der Waals surface area (Å²) in [6.07, 6.45) is 3.99. The van der Waals surface area contributed by atoms with Gasteiger partial charge in [0.2, 0.25) is 0 Å². The minimum absolute atomic E-state index is 0.0537. The second-order valence-corrected chi connectivity index (χ2v) is 16.7. The molecule has 2 fully saturated rings. The summed E-state index contributed by atoms with van der Waals surface area (Å²) < 4.78 is 17.9. The first-order chi connectivity index (χ1) is 18.9. The Bertz CT molecular complexity index is 1620. The SMILES string of the molecule is CI(C)N1CCNC(c2ccc3c(=O)n(C4CC4)cc(NCc4nc(-c5ccc(F)cc5)c(C#N)s4)c3c2)C1. The third kappa shape index (κ3) is 5.45. The number of anilines is 1. The van der Waals surface area contributed by atoms with E-state index in [1.165, 1.54) is 29.0 Å². The van der Waals surface area contributed by atoms with Gasteiger partial charge in [0.1, 0.15) is 11.9 Å². The number of nitrogens with one attached hydrogen (secondary N) is 2. The van der Waals surface area contributed by atoms with E-state index < -0.39 is 20.1 Å². The van der Waals surface area contributed by atoms with Crippen molar-refractivity contribution >= 4 is 47.9 Å². The molecule has 1 atom stereocenters. The predicted octanol–water partition coefficient (Wildman–Crippen LogP) is 5.71. The number of hydrogen-bond acceptors (Lipinski definition) is 7. The molecule has 3 heterocycles. The first kappa shape index (κ1) is 26.4. The molecule has 10 heteroatoms. The average Bonchev–Trinajstić information content (AvgIpc) is 3.72. The molecule has 1 unspecified atom stereocenters. The van der Waals surface area contributed by atoms with E-state index >= 15 is 0 Å². The number of nitrogens with zero attached hydrogens (tertiary/aromatic N) is 4. The Balaban J connectivity index is 1.34. The third-order valence-electron chi connectivity index (χ3n) is 7.33. The summed E-state index contributed by atoms with van der Waals surface area (Å²) in [7, 11) is 0. The number of rotatable bonds is 7. The molecule has 0 amide bonds. The van der Waals surface area contributed by atoms with Crippen molar-refractivity contribution < 1.29 is 4.39 Å². The molecule has 0 bridgehead atoms. The Kier molecular flexibility index (Phi) is 7.41. The van der Waals surface area contributed by atoms with Crippen molar-refractivity contribution in [1.29, 1.82) is 5.26 Å². The maximum absolute atomic E-state index is 13.4. The molecule has 1 saturated heterocycles. The second-order valence-electron chi connectivity index (χ2n) is 10.1. The van der Waals surface area contributed by atoms with E-state index in [4.69, 9.17) is 4.98 Å². The Morgan fingerprint density at radius 3 is 2.72 bits per heavy atom. The van der Waals surface area contributed by atoms with Gasteiger partial charge in [0.25, 0.3) is 0 Å². The molecule has 4 aromatic rings. The Morgan fingerprint density at radius 2 is 2.00 bits per heavy atom. The van der Waals surface area contributed by atoms with Crippen LogP contribution >= 0.6 is 31.4 Å². The van der Waals surface area contributed by atoms with E-state index in [0.717, 1.165) is 48.6 Å². The van der Waals surface area contributed by atoms with Gasteiger partial charge in [-0.05, 0) is 24.3 Å². The summed E-state index contributed by atoms with van der Waals surface area (Å²) in [6, 6.07) is 15.0. The molecule has 2 aromatic carbocycles. The quantitative estimate of drug-likeness (QED) is 0.151. The number of fused-ring (bicyclic) bond motifs is 1. The van der Waals surface area contributed by atoms with Gasteiger partial charge in [0, 0.05) is 5.56 Å². The van der Waals surface area contributed by atoms with E-state index in [0.29, 0.717) is 28.1 Å². The van der Waals surface area contributed by atoms with Gasteiger partial charge in [0.05, 0.1) is 0 Å². The molecule has 6 rings (SSSR count). The van der Waals surface area contributed by atoms with Crippen LogP contribution in [0, 0.1) is 17.1 Å².